The molecule has 108 valence electrons. The molecule has 0 amide bonds. The highest BCUT2D eigenvalue weighted by Crippen LogP contribution is 2.41. The third-order valence-electron chi connectivity index (χ3n) is 4.26. The standard InChI is InChI=1S/C16H20O4/c1-16(15(18)20-3)9-8-12(10-14(16)17)11-4-6-13(19-2)7-5-11/h4-7,12H,8-10H2,1-3H3/t12-,16+/m1/s1. The maximum atomic E-state index is 12.3. The number of carbonyl (C=O) groups is 2. The van der Waals surface area contributed by atoms with Gasteiger partial charge in [-0.3, -0.25) is 9.59 Å². The van der Waals surface area contributed by atoms with E-state index in [-0.39, 0.29) is 11.7 Å². The van der Waals surface area contributed by atoms with Gasteiger partial charge in [0.25, 0.3) is 0 Å². The zero-order valence-corrected chi connectivity index (χ0v) is 12.1. The molecule has 0 radical (unpaired) electrons. The molecular weight excluding hydrogens is 256 g/mol. The van der Waals surface area contributed by atoms with Gasteiger partial charge < -0.3 is 9.47 Å². The minimum Gasteiger partial charge on any atom is -0.497 e. The Morgan fingerprint density at radius 1 is 1.25 bits per heavy atom. The number of hydrogen-bond acceptors (Lipinski definition) is 4. The molecule has 0 aliphatic heterocycles. The summed E-state index contributed by atoms with van der Waals surface area (Å²) in [6, 6.07) is 7.76. The molecule has 1 fully saturated rings. The molecule has 4 nitrogen and oxygen atoms in total. The van der Waals surface area contributed by atoms with Crippen molar-refractivity contribution >= 4 is 11.8 Å². The Morgan fingerprint density at radius 2 is 1.90 bits per heavy atom. The van der Waals surface area contributed by atoms with Crippen molar-refractivity contribution in [1.82, 2.24) is 0 Å². The first-order valence-corrected chi connectivity index (χ1v) is 6.77. The lowest BCUT2D eigenvalue weighted by atomic mass is 9.69. The summed E-state index contributed by atoms with van der Waals surface area (Å²) in [6.45, 7) is 1.69. The first-order chi connectivity index (χ1) is 9.51. The first kappa shape index (κ1) is 14.6. The van der Waals surface area contributed by atoms with Gasteiger partial charge in [-0.1, -0.05) is 12.1 Å². The average molecular weight is 276 g/mol. The molecule has 0 heterocycles. The smallest absolute Gasteiger partial charge is 0.319 e. The molecule has 0 saturated heterocycles. The molecule has 0 bridgehead atoms. The molecule has 20 heavy (non-hydrogen) atoms. The Labute approximate surface area is 119 Å². The number of benzene rings is 1. The molecule has 4 heteroatoms. The number of hydrogen-bond donors (Lipinski definition) is 0. The van der Waals surface area contributed by atoms with E-state index < -0.39 is 11.4 Å². The molecule has 1 aromatic carbocycles. The Balaban J connectivity index is 2.12. The molecule has 0 N–H and O–H groups in total. The van der Waals surface area contributed by atoms with Crippen LogP contribution in [0.3, 0.4) is 0 Å². The van der Waals surface area contributed by atoms with Gasteiger partial charge in [0, 0.05) is 6.42 Å². The van der Waals surface area contributed by atoms with Crippen molar-refractivity contribution in [2.24, 2.45) is 5.41 Å². The molecule has 1 aromatic rings. The van der Waals surface area contributed by atoms with Gasteiger partial charge in [0.2, 0.25) is 0 Å². The topological polar surface area (TPSA) is 52.6 Å². The zero-order valence-electron chi connectivity index (χ0n) is 12.1. The molecule has 0 unspecified atom stereocenters. The third kappa shape index (κ3) is 2.55. The second-order valence-corrected chi connectivity index (χ2v) is 5.46. The summed E-state index contributed by atoms with van der Waals surface area (Å²) in [6.07, 6.45) is 1.73. The fourth-order valence-corrected chi connectivity index (χ4v) is 2.76. The lowest BCUT2D eigenvalue weighted by molar-refractivity contribution is -0.159. The van der Waals surface area contributed by atoms with E-state index in [0.29, 0.717) is 12.8 Å². The van der Waals surface area contributed by atoms with Crippen molar-refractivity contribution in [3.63, 3.8) is 0 Å². The Bertz CT molecular complexity index is 506. The predicted molar refractivity (Wildman–Crippen MR) is 74.7 cm³/mol. The molecule has 2 atom stereocenters. The summed E-state index contributed by atoms with van der Waals surface area (Å²) >= 11 is 0. The van der Waals surface area contributed by atoms with Gasteiger partial charge in [0.05, 0.1) is 14.2 Å². The molecule has 1 aliphatic carbocycles. The van der Waals surface area contributed by atoms with Crippen LogP contribution < -0.4 is 4.74 Å². The number of carbonyl (C=O) groups excluding carboxylic acids is 2. The summed E-state index contributed by atoms with van der Waals surface area (Å²) in [7, 11) is 2.96. The second-order valence-electron chi connectivity index (χ2n) is 5.46. The summed E-state index contributed by atoms with van der Waals surface area (Å²) < 4.78 is 9.89. The minimum atomic E-state index is -0.974. The molecule has 0 aromatic heterocycles. The van der Waals surface area contributed by atoms with Crippen LogP contribution in [0, 0.1) is 5.41 Å². The van der Waals surface area contributed by atoms with Crippen LogP contribution in [0.4, 0.5) is 0 Å². The van der Waals surface area contributed by atoms with Crippen LogP contribution in [-0.4, -0.2) is 26.0 Å². The summed E-state index contributed by atoms with van der Waals surface area (Å²) in [5, 5.41) is 0. The third-order valence-corrected chi connectivity index (χ3v) is 4.26. The summed E-state index contributed by atoms with van der Waals surface area (Å²) in [5.74, 6) is 0.522. The van der Waals surface area contributed by atoms with E-state index in [0.717, 1.165) is 17.7 Å². The van der Waals surface area contributed by atoms with Crippen molar-refractivity contribution in [1.29, 1.82) is 0 Å². The number of rotatable bonds is 3. The van der Waals surface area contributed by atoms with Gasteiger partial charge in [-0.25, -0.2) is 0 Å². The van der Waals surface area contributed by atoms with Gasteiger partial charge in [0.15, 0.2) is 5.78 Å². The van der Waals surface area contributed by atoms with Crippen LogP contribution in [0.5, 0.6) is 5.75 Å². The highest BCUT2D eigenvalue weighted by molar-refractivity contribution is 6.04. The van der Waals surface area contributed by atoms with Gasteiger partial charge in [0.1, 0.15) is 11.2 Å². The van der Waals surface area contributed by atoms with E-state index in [9.17, 15) is 9.59 Å². The number of ether oxygens (including phenoxy) is 2. The molecule has 2 rings (SSSR count). The van der Waals surface area contributed by atoms with Gasteiger partial charge in [-0.15, -0.1) is 0 Å². The zero-order chi connectivity index (χ0) is 14.8. The number of ketones is 1. The Morgan fingerprint density at radius 3 is 2.40 bits per heavy atom. The maximum absolute atomic E-state index is 12.3. The SMILES string of the molecule is COC(=O)[C@@]1(C)CC[C@@H](c2ccc(OC)cc2)CC1=O. The van der Waals surface area contributed by atoms with Crippen LogP contribution >= 0.6 is 0 Å². The first-order valence-electron chi connectivity index (χ1n) is 6.77. The van der Waals surface area contributed by atoms with Crippen LogP contribution in [0.1, 0.15) is 37.7 Å². The van der Waals surface area contributed by atoms with E-state index in [1.165, 1.54) is 7.11 Å². The highest BCUT2D eigenvalue weighted by Gasteiger charge is 2.45. The molecule has 1 aliphatic rings. The van der Waals surface area contributed by atoms with Gasteiger partial charge >= 0.3 is 5.97 Å². The van der Waals surface area contributed by atoms with Crippen molar-refractivity contribution in [2.75, 3.05) is 14.2 Å². The highest BCUT2D eigenvalue weighted by atomic mass is 16.5. The Kier molecular flexibility index (Phi) is 4.12. The van der Waals surface area contributed by atoms with Crippen molar-refractivity contribution in [3.05, 3.63) is 29.8 Å². The number of methoxy groups -OCH3 is 2. The maximum Gasteiger partial charge on any atom is 0.319 e. The number of esters is 1. The summed E-state index contributed by atoms with van der Waals surface area (Å²) in [5.41, 5.74) is 0.142. The van der Waals surface area contributed by atoms with Crippen molar-refractivity contribution in [3.8, 4) is 5.75 Å². The van der Waals surface area contributed by atoms with Crippen LogP contribution in [0.25, 0.3) is 0 Å². The normalized spacial score (nSPS) is 26.1. The summed E-state index contributed by atoms with van der Waals surface area (Å²) in [4.78, 5) is 24.1. The monoisotopic (exact) mass is 276 g/mol. The second kappa shape index (κ2) is 5.65. The van der Waals surface area contributed by atoms with Crippen molar-refractivity contribution in [2.45, 2.75) is 32.1 Å². The Hall–Kier alpha value is -1.84. The van der Waals surface area contributed by atoms with E-state index in [1.54, 1.807) is 14.0 Å². The lowest BCUT2D eigenvalue weighted by Gasteiger charge is -2.33. The van der Waals surface area contributed by atoms with Crippen LogP contribution in [-0.2, 0) is 14.3 Å². The fourth-order valence-electron chi connectivity index (χ4n) is 2.76. The van der Waals surface area contributed by atoms with Crippen LogP contribution in [0.2, 0.25) is 0 Å². The largest absolute Gasteiger partial charge is 0.497 e. The molecule has 0 spiro atoms. The van der Waals surface area contributed by atoms with E-state index in [4.69, 9.17) is 9.47 Å². The van der Waals surface area contributed by atoms with E-state index in [2.05, 4.69) is 0 Å². The molecule has 1 saturated carbocycles. The van der Waals surface area contributed by atoms with E-state index in [1.807, 2.05) is 24.3 Å². The van der Waals surface area contributed by atoms with Crippen LogP contribution in [0.15, 0.2) is 24.3 Å². The fraction of sp³-hybridized carbons (Fsp3) is 0.500. The average Bonchev–Trinajstić information content (AvgIpc) is 2.49. The number of Topliss-reactive ketones (excluding diaryl/α,β-unsaturated/α-hetero) is 1. The lowest BCUT2D eigenvalue weighted by Crippen LogP contribution is -2.41. The van der Waals surface area contributed by atoms with Crippen molar-refractivity contribution < 1.29 is 19.1 Å². The predicted octanol–water partition coefficient (Wildman–Crippen LogP) is 2.71. The minimum absolute atomic E-state index is 0.0311. The molecular formula is C16H20O4. The van der Waals surface area contributed by atoms with E-state index >= 15 is 0 Å². The quantitative estimate of drug-likeness (QED) is 0.629. The van der Waals surface area contributed by atoms with Gasteiger partial charge in [-0.2, -0.15) is 0 Å². The van der Waals surface area contributed by atoms with Gasteiger partial charge in [-0.05, 0) is 43.4 Å².